The minimum absolute atomic E-state index is 0.173. The highest BCUT2D eigenvalue weighted by molar-refractivity contribution is 6.07. The summed E-state index contributed by atoms with van der Waals surface area (Å²) in [5, 5.41) is 4.36. The van der Waals surface area contributed by atoms with Gasteiger partial charge in [-0.15, -0.1) is 0 Å². The van der Waals surface area contributed by atoms with Crippen molar-refractivity contribution in [3.05, 3.63) is 82.2 Å². The number of rotatable bonds is 5. The maximum Gasteiger partial charge on any atom is 0.289 e. The van der Waals surface area contributed by atoms with Gasteiger partial charge in [0, 0.05) is 31.1 Å². The van der Waals surface area contributed by atoms with Gasteiger partial charge in [0.25, 0.3) is 11.8 Å². The van der Waals surface area contributed by atoms with E-state index in [4.69, 9.17) is 8.83 Å². The van der Waals surface area contributed by atoms with Gasteiger partial charge in [-0.2, -0.15) is 5.10 Å². The van der Waals surface area contributed by atoms with E-state index >= 15 is 0 Å². The Morgan fingerprint density at radius 2 is 1.90 bits per heavy atom. The Morgan fingerprint density at radius 1 is 1.13 bits per heavy atom. The molecule has 0 spiro atoms. The van der Waals surface area contributed by atoms with Crippen LogP contribution in [-0.2, 0) is 13.0 Å². The molecule has 1 aliphatic carbocycles. The third-order valence-corrected chi connectivity index (χ3v) is 5.53. The summed E-state index contributed by atoms with van der Waals surface area (Å²) in [6.07, 6.45) is 3.75. The third-order valence-electron chi connectivity index (χ3n) is 5.53. The Labute approximate surface area is 180 Å². The predicted octanol–water partition coefficient (Wildman–Crippen LogP) is 4.23. The SMILES string of the molecule is Cc1occc1C(=O)N/N=C1\CCCc2oc(C(=O)N(C)Cc3ccccc3)c(C)c21. The van der Waals surface area contributed by atoms with Gasteiger partial charge in [0.1, 0.15) is 11.5 Å². The highest BCUT2D eigenvalue weighted by atomic mass is 16.4. The van der Waals surface area contributed by atoms with Crippen molar-refractivity contribution in [1.29, 1.82) is 0 Å². The Hall–Kier alpha value is -3.61. The van der Waals surface area contributed by atoms with E-state index < -0.39 is 0 Å². The van der Waals surface area contributed by atoms with E-state index in [1.165, 1.54) is 6.26 Å². The topological polar surface area (TPSA) is 88.0 Å². The first-order valence-electron chi connectivity index (χ1n) is 10.3. The normalized spacial score (nSPS) is 14.4. The molecule has 3 aromatic rings. The highest BCUT2D eigenvalue weighted by Gasteiger charge is 2.29. The first-order valence-corrected chi connectivity index (χ1v) is 10.3. The summed E-state index contributed by atoms with van der Waals surface area (Å²) < 4.78 is 11.2. The van der Waals surface area contributed by atoms with E-state index in [1.54, 1.807) is 24.9 Å². The second kappa shape index (κ2) is 8.63. The molecule has 2 heterocycles. The molecule has 0 aliphatic heterocycles. The van der Waals surface area contributed by atoms with Crippen LogP contribution in [0, 0.1) is 13.8 Å². The van der Waals surface area contributed by atoms with Crippen LogP contribution in [0.1, 0.15) is 62.0 Å². The first-order chi connectivity index (χ1) is 15.0. The molecule has 4 rings (SSSR count). The zero-order chi connectivity index (χ0) is 22.0. The van der Waals surface area contributed by atoms with Gasteiger partial charge in [-0.3, -0.25) is 9.59 Å². The molecule has 0 atom stereocenters. The molecule has 7 nitrogen and oxygen atoms in total. The van der Waals surface area contributed by atoms with Gasteiger partial charge in [0.05, 0.1) is 17.5 Å². The largest absolute Gasteiger partial charge is 0.469 e. The number of hydrazone groups is 1. The van der Waals surface area contributed by atoms with Gasteiger partial charge < -0.3 is 13.7 Å². The van der Waals surface area contributed by atoms with Crippen molar-refractivity contribution in [2.75, 3.05) is 7.05 Å². The van der Waals surface area contributed by atoms with Gasteiger partial charge in [-0.25, -0.2) is 5.43 Å². The van der Waals surface area contributed by atoms with Gasteiger partial charge in [0.15, 0.2) is 5.76 Å². The van der Waals surface area contributed by atoms with Crippen LogP contribution in [0.4, 0.5) is 0 Å². The number of amides is 2. The van der Waals surface area contributed by atoms with E-state index in [0.717, 1.165) is 41.0 Å². The van der Waals surface area contributed by atoms with Crippen molar-refractivity contribution in [1.82, 2.24) is 10.3 Å². The molecule has 0 bridgehead atoms. The van der Waals surface area contributed by atoms with Crippen LogP contribution in [0.25, 0.3) is 0 Å². The van der Waals surface area contributed by atoms with Crippen LogP contribution in [0.3, 0.4) is 0 Å². The molecule has 7 heteroatoms. The highest BCUT2D eigenvalue weighted by Crippen LogP contribution is 2.30. The van der Waals surface area contributed by atoms with Crippen molar-refractivity contribution < 1.29 is 18.4 Å². The molecule has 0 radical (unpaired) electrons. The fourth-order valence-corrected chi connectivity index (χ4v) is 3.89. The van der Waals surface area contributed by atoms with E-state index in [-0.39, 0.29) is 11.8 Å². The van der Waals surface area contributed by atoms with Crippen molar-refractivity contribution >= 4 is 17.5 Å². The Balaban J connectivity index is 1.56. The first kappa shape index (κ1) is 20.7. The summed E-state index contributed by atoms with van der Waals surface area (Å²) in [4.78, 5) is 27.1. The van der Waals surface area contributed by atoms with Gasteiger partial charge in [-0.05, 0) is 38.3 Å². The molecule has 2 amide bonds. The fourth-order valence-electron chi connectivity index (χ4n) is 3.89. The predicted molar refractivity (Wildman–Crippen MR) is 116 cm³/mol. The average molecular weight is 419 g/mol. The smallest absolute Gasteiger partial charge is 0.289 e. The average Bonchev–Trinajstić information content (AvgIpc) is 3.35. The van der Waals surface area contributed by atoms with E-state index in [1.807, 2.05) is 37.3 Å². The minimum Gasteiger partial charge on any atom is -0.469 e. The standard InChI is InChI=1S/C24H25N3O4/c1-15-21-19(25-26-23(28)18-12-13-30-16(18)2)10-7-11-20(21)31-22(15)24(29)27(3)14-17-8-5-4-6-9-17/h4-6,8-9,12-13H,7,10-11,14H2,1-3H3,(H,26,28)/b25-19+. The summed E-state index contributed by atoms with van der Waals surface area (Å²) in [5.41, 5.74) is 6.41. The number of hydrogen-bond acceptors (Lipinski definition) is 5. The maximum atomic E-state index is 13.1. The van der Waals surface area contributed by atoms with Gasteiger partial charge in [0.2, 0.25) is 0 Å². The molecule has 160 valence electrons. The molecule has 0 saturated carbocycles. The second-order valence-corrected chi connectivity index (χ2v) is 7.74. The number of fused-ring (bicyclic) bond motifs is 1. The summed E-state index contributed by atoms with van der Waals surface area (Å²) in [7, 11) is 1.76. The lowest BCUT2D eigenvalue weighted by Gasteiger charge is -2.16. The van der Waals surface area contributed by atoms with Crippen LogP contribution in [0.5, 0.6) is 0 Å². The molecule has 2 aromatic heterocycles. The molecule has 0 unspecified atom stereocenters. The van der Waals surface area contributed by atoms with Crippen molar-refractivity contribution in [3.8, 4) is 0 Å². The number of carbonyl (C=O) groups excluding carboxylic acids is 2. The van der Waals surface area contributed by atoms with Crippen molar-refractivity contribution in [2.45, 2.75) is 39.7 Å². The summed E-state index contributed by atoms with van der Waals surface area (Å²) in [6, 6.07) is 11.4. The number of aryl methyl sites for hydroxylation is 2. The molecule has 1 aliphatic rings. The zero-order valence-corrected chi connectivity index (χ0v) is 17.9. The lowest BCUT2D eigenvalue weighted by Crippen LogP contribution is -2.26. The Morgan fingerprint density at radius 3 is 2.61 bits per heavy atom. The monoisotopic (exact) mass is 419 g/mol. The molecular formula is C24H25N3O4. The molecule has 0 fully saturated rings. The number of benzene rings is 1. The molecule has 0 saturated heterocycles. The van der Waals surface area contributed by atoms with E-state index in [0.29, 0.717) is 30.0 Å². The van der Waals surface area contributed by atoms with Crippen LogP contribution >= 0.6 is 0 Å². The maximum absolute atomic E-state index is 13.1. The van der Waals surface area contributed by atoms with Crippen LogP contribution in [0.2, 0.25) is 0 Å². The number of nitrogens with one attached hydrogen (secondary N) is 1. The Kier molecular flexibility index (Phi) is 5.75. The molecule has 1 aromatic carbocycles. The summed E-state index contributed by atoms with van der Waals surface area (Å²) >= 11 is 0. The van der Waals surface area contributed by atoms with Gasteiger partial charge >= 0.3 is 0 Å². The number of furan rings is 2. The second-order valence-electron chi connectivity index (χ2n) is 7.74. The van der Waals surface area contributed by atoms with Crippen molar-refractivity contribution in [3.63, 3.8) is 0 Å². The van der Waals surface area contributed by atoms with Crippen LogP contribution in [-0.4, -0.2) is 29.5 Å². The summed E-state index contributed by atoms with van der Waals surface area (Å²) in [5.74, 6) is 1.11. The Bertz CT molecular complexity index is 1140. The minimum atomic E-state index is -0.328. The van der Waals surface area contributed by atoms with Crippen LogP contribution < -0.4 is 5.43 Å². The van der Waals surface area contributed by atoms with E-state index in [9.17, 15) is 9.59 Å². The number of carbonyl (C=O) groups is 2. The van der Waals surface area contributed by atoms with Gasteiger partial charge in [-0.1, -0.05) is 30.3 Å². The lowest BCUT2D eigenvalue weighted by atomic mass is 9.93. The molecular weight excluding hydrogens is 394 g/mol. The number of nitrogens with zero attached hydrogens (tertiary/aromatic N) is 2. The fraction of sp³-hybridized carbons (Fsp3) is 0.292. The lowest BCUT2D eigenvalue weighted by molar-refractivity contribution is 0.0750. The van der Waals surface area contributed by atoms with Crippen molar-refractivity contribution in [2.24, 2.45) is 5.10 Å². The molecule has 1 N–H and O–H groups in total. The molecule has 31 heavy (non-hydrogen) atoms. The van der Waals surface area contributed by atoms with E-state index in [2.05, 4.69) is 10.5 Å². The number of hydrogen-bond donors (Lipinski definition) is 1. The zero-order valence-electron chi connectivity index (χ0n) is 17.9. The van der Waals surface area contributed by atoms with Crippen LogP contribution in [0.15, 0.2) is 56.6 Å². The quantitative estimate of drug-likeness (QED) is 0.627. The third kappa shape index (κ3) is 4.17. The summed E-state index contributed by atoms with van der Waals surface area (Å²) in [6.45, 7) is 4.09.